The topological polar surface area (TPSA) is 69.7 Å². The molecule has 0 saturated heterocycles. The maximum Gasteiger partial charge on any atom is 0.302 e. The van der Waals surface area contributed by atoms with Gasteiger partial charge in [0.25, 0.3) is 10.1 Å². The van der Waals surface area contributed by atoms with Crippen LogP contribution >= 0.6 is 0 Å². The molecule has 20 heavy (non-hydrogen) atoms. The molecule has 0 radical (unpaired) electrons. The molecule has 0 bridgehead atoms. The van der Waals surface area contributed by atoms with Crippen molar-refractivity contribution in [1.82, 2.24) is 0 Å². The highest BCUT2D eigenvalue weighted by molar-refractivity contribution is 7.85. The summed E-state index contributed by atoms with van der Waals surface area (Å²) < 4.78 is 30.8. The molecule has 6 heteroatoms. The first-order chi connectivity index (χ1) is 9.42. The average molecular weight is 306 g/mol. The van der Waals surface area contributed by atoms with E-state index >= 15 is 0 Å². The summed E-state index contributed by atoms with van der Waals surface area (Å²) in [5.74, 6) is -0.213. The second kappa shape index (κ2) is 11.9. The molecule has 5 nitrogen and oxygen atoms in total. The van der Waals surface area contributed by atoms with Crippen LogP contribution in [0.4, 0.5) is 0 Å². The van der Waals surface area contributed by atoms with Crippen LogP contribution in [0.5, 0.6) is 0 Å². The van der Waals surface area contributed by atoms with Crippen molar-refractivity contribution in [3.63, 3.8) is 0 Å². The summed E-state index contributed by atoms with van der Waals surface area (Å²) in [7, 11) is -3.31. The maximum atomic E-state index is 10.7. The fraction of sp³-hybridized carbons (Fsp3) is 0.786. The quantitative estimate of drug-likeness (QED) is 0.240. The largest absolute Gasteiger partial charge is 0.466 e. The number of carbonyl (C=O) groups excluding carboxylic acids is 1. The first-order valence-electron chi connectivity index (χ1n) is 7.04. The van der Waals surface area contributed by atoms with Gasteiger partial charge in [-0.3, -0.25) is 8.98 Å². The van der Waals surface area contributed by atoms with E-state index in [2.05, 4.69) is 10.3 Å². The molecular formula is C14H26O5S. The number of hydrogen-bond donors (Lipinski definition) is 0. The summed E-state index contributed by atoms with van der Waals surface area (Å²) in [6.07, 6.45) is 12.1. The Bertz CT molecular complexity index is 373. The van der Waals surface area contributed by atoms with Crippen molar-refractivity contribution in [3.8, 4) is 0 Å². The van der Waals surface area contributed by atoms with Crippen molar-refractivity contribution < 1.29 is 22.1 Å². The van der Waals surface area contributed by atoms with Gasteiger partial charge in [-0.05, 0) is 25.7 Å². The van der Waals surface area contributed by atoms with E-state index in [-0.39, 0.29) is 12.6 Å². The Hall–Kier alpha value is -0.880. The highest BCUT2D eigenvalue weighted by Crippen LogP contribution is 2.06. The van der Waals surface area contributed by atoms with Crippen molar-refractivity contribution in [2.75, 3.05) is 19.5 Å². The number of unbranched alkanes of at least 4 members (excludes halogenated alkanes) is 5. The van der Waals surface area contributed by atoms with E-state index in [9.17, 15) is 13.2 Å². The zero-order valence-electron chi connectivity index (χ0n) is 12.5. The lowest BCUT2D eigenvalue weighted by atomic mass is 10.1. The third-order valence-electron chi connectivity index (χ3n) is 2.57. The lowest BCUT2D eigenvalue weighted by molar-refractivity contribution is -0.141. The normalized spacial score (nSPS) is 11.9. The molecule has 0 rings (SSSR count). The van der Waals surface area contributed by atoms with Crippen LogP contribution in [-0.4, -0.2) is 33.9 Å². The SMILES string of the molecule is CC(=O)OCCCCCCCC=CCCOS(C)(=O)=O. The third-order valence-corrected chi connectivity index (χ3v) is 3.16. The van der Waals surface area contributed by atoms with E-state index in [1.54, 1.807) is 0 Å². The van der Waals surface area contributed by atoms with Crippen LogP contribution in [0.15, 0.2) is 12.2 Å². The van der Waals surface area contributed by atoms with Gasteiger partial charge in [-0.25, -0.2) is 0 Å². The van der Waals surface area contributed by atoms with Crippen LogP contribution in [-0.2, 0) is 23.8 Å². The van der Waals surface area contributed by atoms with Gasteiger partial charge in [-0.2, -0.15) is 8.42 Å². The zero-order valence-corrected chi connectivity index (χ0v) is 13.3. The van der Waals surface area contributed by atoms with Crippen LogP contribution in [0.3, 0.4) is 0 Å². The van der Waals surface area contributed by atoms with E-state index in [4.69, 9.17) is 4.74 Å². The highest BCUT2D eigenvalue weighted by atomic mass is 32.2. The summed E-state index contributed by atoms with van der Waals surface area (Å²) in [4.78, 5) is 10.5. The molecule has 0 amide bonds. The smallest absolute Gasteiger partial charge is 0.302 e. The molecule has 0 aromatic heterocycles. The van der Waals surface area contributed by atoms with Crippen LogP contribution in [0.2, 0.25) is 0 Å². The lowest BCUT2D eigenvalue weighted by Crippen LogP contribution is -2.02. The van der Waals surface area contributed by atoms with E-state index in [1.807, 2.05) is 6.08 Å². The highest BCUT2D eigenvalue weighted by Gasteiger charge is 1.98. The van der Waals surface area contributed by atoms with Gasteiger partial charge in [0.1, 0.15) is 0 Å². The first kappa shape index (κ1) is 19.1. The van der Waals surface area contributed by atoms with Gasteiger partial charge >= 0.3 is 5.97 Å². The standard InChI is InChI=1S/C14H26O5S/c1-14(15)18-12-10-8-6-4-3-5-7-9-11-13-19-20(2,16)17/h7,9H,3-6,8,10-13H2,1-2H3. The predicted molar refractivity (Wildman–Crippen MR) is 78.9 cm³/mol. The monoisotopic (exact) mass is 306 g/mol. The molecule has 0 saturated carbocycles. The van der Waals surface area contributed by atoms with E-state index < -0.39 is 10.1 Å². The van der Waals surface area contributed by atoms with Gasteiger partial charge in [0.2, 0.25) is 0 Å². The van der Waals surface area contributed by atoms with Crippen molar-refractivity contribution in [3.05, 3.63) is 12.2 Å². The second-order valence-electron chi connectivity index (χ2n) is 4.68. The Balaban J connectivity index is 3.21. The van der Waals surface area contributed by atoms with E-state index in [0.717, 1.165) is 44.8 Å². The second-order valence-corrected chi connectivity index (χ2v) is 6.33. The predicted octanol–water partition coefficient (Wildman–Crippen LogP) is 2.81. The van der Waals surface area contributed by atoms with Crippen molar-refractivity contribution in [2.45, 2.75) is 51.9 Å². The minimum atomic E-state index is -3.31. The Kier molecular flexibility index (Phi) is 11.4. The minimum absolute atomic E-state index is 0.213. The molecular weight excluding hydrogens is 280 g/mol. The minimum Gasteiger partial charge on any atom is -0.466 e. The van der Waals surface area contributed by atoms with E-state index in [1.165, 1.54) is 6.92 Å². The fourth-order valence-corrected chi connectivity index (χ4v) is 2.01. The van der Waals surface area contributed by atoms with Gasteiger partial charge in [0.05, 0.1) is 19.5 Å². The molecule has 0 fully saturated rings. The molecule has 0 unspecified atom stereocenters. The van der Waals surface area contributed by atoms with Crippen LogP contribution in [0, 0.1) is 0 Å². The summed E-state index contributed by atoms with van der Waals surface area (Å²) in [5, 5.41) is 0. The van der Waals surface area contributed by atoms with Gasteiger partial charge in [-0.15, -0.1) is 0 Å². The lowest BCUT2D eigenvalue weighted by Gasteiger charge is -2.01. The fourth-order valence-electron chi connectivity index (χ4n) is 1.61. The van der Waals surface area contributed by atoms with Gasteiger partial charge < -0.3 is 4.74 Å². The summed E-state index contributed by atoms with van der Waals surface area (Å²) in [5.41, 5.74) is 0. The first-order valence-corrected chi connectivity index (χ1v) is 8.86. The third kappa shape index (κ3) is 17.1. The summed E-state index contributed by atoms with van der Waals surface area (Å²) >= 11 is 0. The van der Waals surface area contributed by atoms with Crippen molar-refractivity contribution in [1.29, 1.82) is 0 Å². The number of carbonyl (C=O) groups is 1. The molecule has 118 valence electrons. The van der Waals surface area contributed by atoms with E-state index in [0.29, 0.717) is 13.0 Å². The molecule has 0 aliphatic rings. The van der Waals surface area contributed by atoms with Gasteiger partial charge in [-0.1, -0.05) is 31.4 Å². The molecule has 0 aliphatic carbocycles. The van der Waals surface area contributed by atoms with Crippen LogP contribution < -0.4 is 0 Å². The summed E-state index contributed by atoms with van der Waals surface area (Å²) in [6, 6.07) is 0. The maximum absolute atomic E-state index is 10.7. The number of rotatable bonds is 12. The Morgan fingerprint density at radius 2 is 1.55 bits per heavy atom. The molecule has 0 heterocycles. The number of hydrogen-bond acceptors (Lipinski definition) is 5. The Morgan fingerprint density at radius 1 is 0.950 bits per heavy atom. The molecule has 0 aromatic carbocycles. The van der Waals surface area contributed by atoms with Gasteiger partial charge in [0.15, 0.2) is 0 Å². The molecule has 0 atom stereocenters. The number of allylic oxidation sites excluding steroid dienone is 1. The van der Waals surface area contributed by atoms with Crippen LogP contribution in [0.1, 0.15) is 51.9 Å². The summed E-state index contributed by atoms with van der Waals surface area (Å²) in [6.45, 7) is 2.16. The molecule has 0 aliphatic heterocycles. The zero-order chi connectivity index (χ0) is 15.3. The van der Waals surface area contributed by atoms with Gasteiger partial charge in [0, 0.05) is 6.92 Å². The number of ether oxygens (including phenoxy) is 1. The van der Waals surface area contributed by atoms with Crippen LogP contribution in [0.25, 0.3) is 0 Å². The Morgan fingerprint density at radius 3 is 2.20 bits per heavy atom. The van der Waals surface area contributed by atoms with Crippen molar-refractivity contribution >= 4 is 16.1 Å². The molecule has 0 aromatic rings. The van der Waals surface area contributed by atoms with Crippen molar-refractivity contribution in [2.24, 2.45) is 0 Å². The Labute approximate surface area is 122 Å². The average Bonchev–Trinajstić information content (AvgIpc) is 2.33. The molecule has 0 spiro atoms. The molecule has 0 N–H and O–H groups in total. The number of esters is 1.